The van der Waals surface area contributed by atoms with Crippen LogP contribution in [-0.4, -0.2) is 61.7 Å². The second kappa shape index (κ2) is 5.68. The van der Waals surface area contributed by atoms with Crippen LogP contribution >= 0.6 is 0 Å². The minimum absolute atomic E-state index is 0.657. The van der Waals surface area contributed by atoms with Gasteiger partial charge in [0.25, 0.3) is 0 Å². The minimum atomic E-state index is 0.657. The first-order chi connectivity index (χ1) is 8.06. The zero-order valence-corrected chi connectivity index (χ0v) is 11.9. The van der Waals surface area contributed by atoms with E-state index >= 15 is 0 Å². The maximum atomic E-state index is 3.62. The Morgan fingerprint density at radius 2 is 2.06 bits per heavy atom. The largest absolute Gasteiger partial charge is 0.311 e. The molecule has 0 aromatic carbocycles. The molecule has 3 atom stereocenters. The summed E-state index contributed by atoms with van der Waals surface area (Å²) in [7, 11) is 2.25. The van der Waals surface area contributed by atoms with Gasteiger partial charge in [0.05, 0.1) is 0 Å². The third-order valence-corrected chi connectivity index (χ3v) is 4.40. The van der Waals surface area contributed by atoms with Crippen LogP contribution in [0.5, 0.6) is 0 Å². The summed E-state index contributed by atoms with van der Waals surface area (Å²) in [5.74, 6) is 1.65. The molecule has 100 valence electrons. The Hall–Kier alpha value is -0.120. The van der Waals surface area contributed by atoms with Crippen molar-refractivity contribution in [2.75, 3.05) is 39.8 Å². The summed E-state index contributed by atoms with van der Waals surface area (Å²) in [6.07, 6.45) is 1.39. The highest BCUT2D eigenvalue weighted by atomic mass is 15.2. The monoisotopic (exact) mass is 239 g/mol. The summed E-state index contributed by atoms with van der Waals surface area (Å²) < 4.78 is 0. The predicted octanol–water partition coefficient (Wildman–Crippen LogP) is 1.26. The van der Waals surface area contributed by atoms with E-state index in [9.17, 15) is 0 Å². The van der Waals surface area contributed by atoms with Gasteiger partial charge in [0.2, 0.25) is 0 Å². The smallest absolute Gasteiger partial charge is 0.0244 e. The first-order valence-corrected chi connectivity index (χ1v) is 7.22. The molecule has 2 heterocycles. The van der Waals surface area contributed by atoms with Gasteiger partial charge in [-0.15, -0.1) is 0 Å². The van der Waals surface area contributed by atoms with Gasteiger partial charge in [-0.1, -0.05) is 13.8 Å². The molecule has 3 unspecified atom stereocenters. The van der Waals surface area contributed by atoms with Gasteiger partial charge in [0, 0.05) is 38.3 Å². The maximum Gasteiger partial charge on any atom is 0.0244 e. The quantitative estimate of drug-likeness (QED) is 0.800. The van der Waals surface area contributed by atoms with Gasteiger partial charge in [-0.05, 0) is 38.8 Å². The zero-order valence-electron chi connectivity index (χ0n) is 11.9. The molecule has 0 amide bonds. The van der Waals surface area contributed by atoms with Crippen molar-refractivity contribution >= 4 is 0 Å². The lowest BCUT2D eigenvalue weighted by atomic mass is 9.96. The van der Waals surface area contributed by atoms with E-state index in [0.717, 1.165) is 17.9 Å². The van der Waals surface area contributed by atoms with Crippen molar-refractivity contribution in [1.29, 1.82) is 0 Å². The summed E-state index contributed by atoms with van der Waals surface area (Å²) in [6.45, 7) is 13.3. The molecule has 1 N–H and O–H groups in total. The Kier molecular flexibility index (Phi) is 4.45. The van der Waals surface area contributed by atoms with Crippen LogP contribution in [0.15, 0.2) is 0 Å². The van der Waals surface area contributed by atoms with Crippen molar-refractivity contribution in [3.63, 3.8) is 0 Å². The van der Waals surface area contributed by atoms with Gasteiger partial charge in [0.1, 0.15) is 0 Å². The number of nitrogens with one attached hydrogen (secondary N) is 1. The highest BCUT2D eigenvalue weighted by Crippen LogP contribution is 2.21. The van der Waals surface area contributed by atoms with Gasteiger partial charge < -0.3 is 10.2 Å². The van der Waals surface area contributed by atoms with E-state index in [0.29, 0.717) is 6.04 Å². The van der Waals surface area contributed by atoms with Gasteiger partial charge in [-0.25, -0.2) is 0 Å². The fraction of sp³-hybridized carbons (Fsp3) is 1.00. The average Bonchev–Trinajstić information content (AvgIpc) is 2.63. The molecule has 2 aliphatic rings. The van der Waals surface area contributed by atoms with E-state index in [1.165, 1.54) is 39.1 Å². The number of piperazine rings is 1. The molecular formula is C14H29N3. The van der Waals surface area contributed by atoms with Gasteiger partial charge in [-0.3, -0.25) is 4.90 Å². The lowest BCUT2D eigenvalue weighted by Gasteiger charge is -2.42. The number of hydrogen-bond donors (Lipinski definition) is 1. The molecule has 17 heavy (non-hydrogen) atoms. The van der Waals surface area contributed by atoms with Crippen LogP contribution in [-0.2, 0) is 0 Å². The lowest BCUT2D eigenvalue weighted by molar-refractivity contribution is 0.0867. The van der Waals surface area contributed by atoms with Crippen LogP contribution in [0.2, 0.25) is 0 Å². The molecular weight excluding hydrogens is 210 g/mol. The summed E-state index contributed by atoms with van der Waals surface area (Å²) in [5.41, 5.74) is 0. The second-order valence-electron chi connectivity index (χ2n) is 6.49. The Labute approximate surface area is 107 Å². The SMILES string of the molecule is CC1CN(CC2CCN(C)C2)C(C(C)C)CN1. The molecule has 0 aromatic rings. The van der Waals surface area contributed by atoms with Crippen molar-refractivity contribution in [2.45, 2.75) is 39.3 Å². The standard InChI is InChI=1S/C14H29N3/c1-11(2)14-7-15-12(3)8-17(14)10-13-5-6-16(4)9-13/h11-15H,5-10H2,1-4H3. The van der Waals surface area contributed by atoms with Crippen LogP contribution in [0.25, 0.3) is 0 Å². The third-order valence-electron chi connectivity index (χ3n) is 4.40. The van der Waals surface area contributed by atoms with Crippen molar-refractivity contribution in [2.24, 2.45) is 11.8 Å². The topological polar surface area (TPSA) is 18.5 Å². The molecule has 0 aliphatic carbocycles. The summed E-state index contributed by atoms with van der Waals surface area (Å²) in [5, 5.41) is 3.62. The van der Waals surface area contributed by atoms with E-state index < -0.39 is 0 Å². The molecule has 0 spiro atoms. The van der Waals surface area contributed by atoms with Crippen molar-refractivity contribution in [3.05, 3.63) is 0 Å². The molecule has 0 aromatic heterocycles. The minimum Gasteiger partial charge on any atom is -0.311 e. The molecule has 2 fully saturated rings. The van der Waals surface area contributed by atoms with Crippen LogP contribution < -0.4 is 5.32 Å². The highest BCUT2D eigenvalue weighted by molar-refractivity contribution is 4.88. The lowest BCUT2D eigenvalue weighted by Crippen LogP contribution is -2.58. The Balaban J connectivity index is 1.90. The molecule has 0 bridgehead atoms. The fourth-order valence-electron chi connectivity index (χ4n) is 3.38. The number of rotatable bonds is 3. The summed E-state index contributed by atoms with van der Waals surface area (Å²) in [4.78, 5) is 5.22. The summed E-state index contributed by atoms with van der Waals surface area (Å²) in [6, 6.07) is 1.39. The first kappa shape index (κ1) is 13.3. The van der Waals surface area contributed by atoms with Crippen molar-refractivity contribution in [1.82, 2.24) is 15.1 Å². The van der Waals surface area contributed by atoms with E-state index in [-0.39, 0.29) is 0 Å². The Morgan fingerprint density at radius 1 is 1.29 bits per heavy atom. The highest BCUT2D eigenvalue weighted by Gasteiger charge is 2.31. The maximum absolute atomic E-state index is 3.62. The fourth-order valence-corrected chi connectivity index (χ4v) is 3.38. The van der Waals surface area contributed by atoms with Gasteiger partial charge >= 0.3 is 0 Å². The Bertz CT molecular complexity index is 242. The van der Waals surface area contributed by atoms with Crippen LogP contribution in [0.1, 0.15) is 27.2 Å². The average molecular weight is 239 g/mol. The second-order valence-corrected chi connectivity index (χ2v) is 6.49. The molecule has 2 rings (SSSR count). The van der Waals surface area contributed by atoms with E-state index in [1.807, 2.05) is 0 Å². The normalized spacial score (nSPS) is 36.9. The van der Waals surface area contributed by atoms with Crippen LogP contribution in [0.3, 0.4) is 0 Å². The zero-order chi connectivity index (χ0) is 12.4. The van der Waals surface area contributed by atoms with Gasteiger partial charge in [-0.2, -0.15) is 0 Å². The molecule has 2 saturated heterocycles. The molecule has 3 heteroatoms. The number of likely N-dealkylation sites (tertiary alicyclic amines) is 1. The van der Waals surface area contributed by atoms with Crippen molar-refractivity contribution < 1.29 is 0 Å². The van der Waals surface area contributed by atoms with E-state index in [1.54, 1.807) is 0 Å². The number of hydrogen-bond acceptors (Lipinski definition) is 3. The Morgan fingerprint density at radius 3 is 2.65 bits per heavy atom. The van der Waals surface area contributed by atoms with E-state index in [2.05, 4.69) is 42.9 Å². The molecule has 0 saturated carbocycles. The number of nitrogens with zero attached hydrogens (tertiary/aromatic N) is 2. The van der Waals surface area contributed by atoms with Crippen LogP contribution in [0, 0.1) is 11.8 Å². The van der Waals surface area contributed by atoms with Gasteiger partial charge in [0.15, 0.2) is 0 Å². The molecule has 2 aliphatic heterocycles. The third kappa shape index (κ3) is 3.43. The summed E-state index contributed by atoms with van der Waals surface area (Å²) >= 11 is 0. The molecule has 0 radical (unpaired) electrons. The van der Waals surface area contributed by atoms with Crippen molar-refractivity contribution in [3.8, 4) is 0 Å². The predicted molar refractivity (Wildman–Crippen MR) is 73.3 cm³/mol. The first-order valence-electron chi connectivity index (χ1n) is 7.22. The van der Waals surface area contributed by atoms with Crippen LogP contribution in [0.4, 0.5) is 0 Å². The molecule has 3 nitrogen and oxygen atoms in total. The van der Waals surface area contributed by atoms with E-state index in [4.69, 9.17) is 0 Å².